The fourth-order valence-corrected chi connectivity index (χ4v) is 6.95. The first-order chi connectivity index (χ1) is 19.7. The highest BCUT2D eigenvalue weighted by Gasteiger charge is 2.78. The number of carbonyl (C=O) groups excluding carboxylic acids is 3. The molecule has 41 heavy (non-hydrogen) atoms. The Hall–Kier alpha value is -3.57. The van der Waals surface area contributed by atoms with Crippen molar-refractivity contribution in [3.8, 4) is 0 Å². The molecular formula is C30H39N5O6. The normalized spacial score (nSPS) is 29.0. The lowest BCUT2D eigenvalue weighted by molar-refractivity contribution is -0.162. The largest absolute Gasteiger partial charge is 0.465 e. The number of allylic oxidation sites excluding steroid dienone is 1. The maximum atomic E-state index is 14.5. The first-order valence-corrected chi connectivity index (χ1v) is 14.3. The van der Waals surface area contributed by atoms with Crippen molar-refractivity contribution in [2.24, 2.45) is 11.8 Å². The van der Waals surface area contributed by atoms with Crippen molar-refractivity contribution in [2.75, 3.05) is 19.8 Å². The van der Waals surface area contributed by atoms with Gasteiger partial charge in [-0.15, -0.1) is 18.3 Å². The number of carbonyl (C=O) groups is 3. The number of hydrogen-bond acceptors (Lipinski definition) is 8. The number of rotatable bonds is 13. The summed E-state index contributed by atoms with van der Waals surface area (Å²) in [7, 11) is 0. The lowest BCUT2D eigenvalue weighted by Gasteiger charge is -2.38. The van der Waals surface area contributed by atoms with Crippen molar-refractivity contribution >= 4 is 28.8 Å². The zero-order valence-electron chi connectivity index (χ0n) is 23.8. The van der Waals surface area contributed by atoms with Gasteiger partial charge >= 0.3 is 5.97 Å². The van der Waals surface area contributed by atoms with E-state index in [0.717, 1.165) is 18.4 Å². The smallest absolute Gasteiger partial charge is 0.312 e. The highest BCUT2D eigenvalue weighted by atomic mass is 16.6. The molecule has 4 heterocycles. The summed E-state index contributed by atoms with van der Waals surface area (Å²) >= 11 is 0. The topological polar surface area (TPSA) is 127 Å². The number of fused-ring (bicyclic) bond motifs is 2. The summed E-state index contributed by atoms with van der Waals surface area (Å²) in [5, 5.41) is 18.6. The Kier molecular flexibility index (Phi) is 8.02. The Labute approximate surface area is 239 Å². The first-order valence-electron chi connectivity index (χ1n) is 14.3. The average molecular weight is 566 g/mol. The van der Waals surface area contributed by atoms with Crippen molar-refractivity contribution in [1.29, 1.82) is 0 Å². The van der Waals surface area contributed by atoms with Crippen LogP contribution in [0.15, 0.2) is 49.6 Å². The SMILES string of the molecule is C=CCCCCOC(=O)[C@@H]1[C@H]2C(=O)N([C@H](C)CO)C(C(=O)N(CC=C)Cn3nnc4ccccc43)C23CC[C@@]1(C)O3. The molecule has 3 aliphatic rings. The van der Waals surface area contributed by atoms with E-state index in [4.69, 9.17) is 9.47 Å². The van der Waals surface area contributed by atoms with E-state index in [1.807, 2.05) is 37.3 Å². The third kappa shape index (κ3) is 4.74. The predicted octanol–water partition coefficient (Wildman–Crippen LogP) is 2.45. The number of amides is 2. The second kappa shape index (κ2) is 11.4. The maximum Gasteiger partial charge on any atom is 0.312 e. The molecule has 1 aromatic heterocycles. The van der Waals surface area contributed by atoms with E-state index in [-0.39, 0.29) is 38.2 Å². The number of para-hydroxylation sites is 1. The molecule has 11 nitrogen and oxygen atoms in total. The van der Waals surface area contributed by atoms with E-state index in [1.165, 1.54) is 4.90 Å². The quantitative estimate of drug-likeness (QED) is 0.223. The molecule has 2 amide bonds. The molecule has 1 spiro atoms. The van der Waals surface area contributed by atoms with Gasteiger partial charge in [-0.2, -0.15) is 0 Å². The number of benzene rings is 1. The molecule has 0 radical (unpaired) electrons. The molecule has 5 rings (SSSR count). The second-order valence-electron chi connectivity index (χ2n) is 11.5. The van der Waals surface area contributed by atoms with E-state index in [0.29, 0.717) is 24.8 Å². The van der Waals surface area contributed by atoms with Crippen LogP contribution in [0.5, 0.6) is 0 Å². The monoisotopic (exact) mass is 565 g/mol. The fraction of sp³-hybridized carbons (Fsp3) is 0.567. The average Bonchev–Trinajstić information content (AvgIpc) is 3.67. The van der Waals surface area contributed by atoms with Gasteiger partial charge in [0, 0.05) is 6.54 Å². The summed E-state index contributed by atoms with van der Waals surface area (Å²) in [5.41, 5.74) is -0.699. The Balaban J connectivity index is 1.47. The van der Waals surface area contributed by atoms with Crippen LogP contribution in [0.3, 0.4) is 0 Å². The summed E-state index contributed by atoms with van der Waals surface area (Å²) in [6.45, 7) is 11.2. The Bertz CT molecular complexity index is 1340. The maximum absolute atomic E-state index is 14.5. The molecule has 0 aliphatic carbocycles. The minimum absolute atomic E-state index is 0.0750. The van der Waals surface area contributed by atoms with Gasteiger partial charge in [0.15, 0.2) is 0 Å². The van der Waals surface area contributed by atoms with Crippen LogP contribution in [0.4, 0.5) is 0 Å². The van der Waals surface area contributed by atoms with Gasteiger partial charge in [0.25, 0.3) is 0 Å². The van der Waals surface area contributed by atoms with Crippen LogP contribution < -0.4 is 0 Å². The number of nitrogens with zero attached hydrogens (tertiary/aromatic N) is 5. The molecule has 3 saturated heterocycles. The molecular weight excluding hydrogens is 526 g/mol. The number of unbranched alkanes of at least 4 members (excludes halogenated alkanes) is 2. The third-order valence-corrected chi connectivity index (χ3v) is 8.87. The summed E-state index contributed by atoms with van der Waals surface area (Å²) in [5.74, 6) is -2.94. The zero-order valence-corrected chi connectivity index (χ0v) is 23.8. The minimum atomic E-state index is -1.22. The van der Waals surface area contributed by atoms with Crippen LogP contribution >= 0.6 is 0 Å². The second-order valence-corrected chi connectivity index (χ2v) is 11.5. The number of aliphatic hydroxyl groups excluding tert-OH is 1. The number of hydrogen-bond donors (Lipinski definition) is 1. The third-order valence-electron chi connectivity index (χ3n) is 8.87. The Morgan fingerprint density at radius 2 is 2.05 bits per heavy atom. The van der Waals surface area contributed by atoms with E-state index < -0.39 is 41.1 Å². The van der Waals surface area contributed by atoms with Gasteiger partial charge in [-0.3, -0.25) is 14.4 Å². The van der Waals surface area contributed by atoms with E-state index in [2.05, 4.69) is 23.5 Å². The van der Waals surface area contributed by atoms with Crippen molar-refractivity contribution in [2.45, 2.75) is 75.9 Å². The van der Waals surface area contributed by atoms with Crippen LogP contribution in [0.1, 0.15) is 46.0 Å². The zero-order chi connectivity index (χ0) is 29.4. The van der Waals surface area contributed by atoms with Crippen molar-refractivity contribution in [3.05, 3.63) is 49.6 Å². The standard InChI is InChI=1S/C30H39N5O6/c1-5-7-8-11-17-40-28(39)24-23-26(37)35(20(3)18-36)25(30(23)15-14-29(24,4)41-30)27(38)33(16-6-2)19-34-22-13-10-9-12-21(22)31-32-34/h5-6,9-10,12-13,20,23-25,36H,1-2,7-8,11,14-19H2,3-4H3/t20-,23+,24+,25?,29-,30?/m1/s1. The highest BCUT2D eigenvalue weighted by molar-refractivity contribution is 5.98. The van der Waals surface area contributed by atoms with Gasteiger partial charge in [-0.25, -0.2) is 4.68 Å². The molecule has 2 bridgehead atoms. The number of esters is 1. The first kappa shape index (κ1) is 28.9. The van der Waals surface area contributed by atoms with Gasteiger partial charge in [-0.1, -0.05) is 29.5 Å². The Morgan fingerprint density at radius 3 is 2.78 bits per heavy atom. The molecule has 2 unspecified atom stereocenters. The molecule has 1 aromatic carbocycles. The van der Waals surface area contributed by atoms with Gasteiger partial charge in [0.05, 0.1) is 36.3 Å². The van der Waals surface area contributed by atoms with E-state index in [1.54, 1.807) is 22.6 Å². The molecule has 220 valence electrons. The molecule has 11 heteroatoms. The van der Waals surface area contributed by atoms with Crippen LogP contribution in [-0.4, -0.2) is 90.7 Å². The molecule has 3 fully saturated rings. The Morgan fingerprint density at radius 1 is 1.27 bits per heavy atom. The molecule has 3 aliphatic heterocycles. The summed E-state index contributed by atoms with van der Waals surface area (Å²) in [6.07, 6.45) is 6.74. The minimum Gasteiger partial charge on any atom is -0.465 e. The van der Waals surface area contributed by atoms with Crippen molar-refractivity contribution in [3.63, 3.8) is 0 Å². The summed E-state index contributed by atoms with van der Waals surface area (Å²) in [6, 6.07) is 5.74. The van der Waals surface area contributed by atoms with Gasteiger partial charge < -0.3 is 24.4 Å². The molecule has 1 N–H and O–H groups in total. The molecule has 0 saturated carbocycles. The molecule has 2 aromatic rings. The number of ether oxygens (including phenoxy) is 2. The van der Waals surface area contributed by atoms with Gasteiger partial charge in [0.1, 0.15) is 29.7 Å². The summed E-state index contributed by atoms with van der Waals surface area (Å²) in [4.78, 5) is 45.1. The van der Waals surface area contributed by atoms with Crippen molar-refractivity contribution in [1.82, 2.24) is 24.8 Å². The van der Waals surface area contributed by atoms with Crippen LogP contribution in [-0.2, 0) is 30.5 Å². The lowest BCUT2D eigenvalue weighted by Crippen LogP contribution is -2.58. The lowest BCUT2D eigenvalue weighted by atomic mass is 9.66. The number of likely N-dealkylation sites (tertiary alicyclic amines) is 1. The van der Waals surface area contributed by atoms with E-state index >= 15 is 0 Å². The number of aromatic nitrogens is 3. The predicted molar refractivity (Wildman–Crippen MR) is 150 cm³/mol. The highest BCUT2D eigenvalue weighted by Crippen LogP contribution is 2.63. The number of aliphatic hydroxyl groups is 1. The van der Waals surface area contributed by atoms with Crippen molar-refractivity contribution < 1.29 is 29.0 Å². The van der Waals surface area contributed by atoms with Gasteiger partial charge in [0.2, 0.25) is 11.8 Å². The van der Waals surface area contributed by atoms with Gasteiger partial charge in [-0.05, 0) is 58.1 Å². The van der Waals surface area contributed by atoms with Crippen LogP contribution in [0.25, 0.3) is 11.0 Å². The molecule has 6 atom stereocenters. The van der Waals surface area contributed by atoms with Crippen LogP contribution in [0.2, 0.25) is 0 Å². The van der Waals surface area contributed by atoms with Crippen LogP contribution in [0, 0.1) is 11.8 Å². The van der Waals surface area contributed by atoms with E-state index in [9.17, 15) is 19.5 Å². The summed E-state index contributed by atoms with van der Waals surface area (Å²) < 4.78 is 13.9. The fourth-order valence-electron chi connectivity index (χ4n) is 6.95.